The van der Waals surface area contributed by atoms with E-state index in [9.17, 15) is 8.42 Å². The average Bonchev–Trinajstić information content (AvgIpc) is 2.84. The van der Waals surface area contributed by atoms with E-state index in [1.54, 1.807) is 0 Å². The molecule has 4 heteroatoms. The first-order valence-corrected chi connectivity index (χ1v) is 6.69. The van der Waals surface area contributed by atoms with Gasteiger partial charge < -0.3 is 5.11 Å². The van der Waals surface area contributed by atoms with Gasteiger partial charge >= 0.3 is 0 Å². The van der Waals surface area contributed by atoms with E-state index in [2.05, 4.69) is 0 Å². The van der Waals surface area contributed by atoms with E-state index in [4.69, 9.17) is 5.11 Å². The molecule has 2 unspecified atom stereocenters. The summed E-state index contributed by atoms with van der Waals surface area (Å²) in [4.78, 5) is 0. The number of sulfone groups is 1. The molecule has 1 saturated heterocycles. The Morgan fingerprint density at radius 2 is 2.00 bits per heavy atom. The first-order chi connectivity index (χ1) is 6.15. The molecule has 0 radical (unpaired) electrons. The van der Waals surface area contributed by atoms with Gasteiger partial charge in [0.15, 0.2) is 9.84 Å². The summed E-state index contributed by atoms with van der Waals surface area (Å²) in [6.07, 6.45) is 3.82. The maximum atomic E-state index is 11.4. The summed E-state index contributed by atoms with van der Waals surface area (Å²) in [5, 5.41) is 8.74. The van der Waals surface area contributed by atoms with Crippen molar-refractivity contribution in [1.29, 1.82) is 0 Å². The number of hydrogen-bond donors (Lipinski definition) is 1. The van der Waals surface area contributed by atoms with Crippen LogP contribution in [0.15, 0.2) is 0 Å². The fourth-order valence-corrected chi connectivity index (χ4v) is 4.11. The predicted octanol–water partition coefficient (Wildman–Crippen LogP) is 0.582. The van der Waals surface area contributed by atoms with Gasteiger partial charge in [0, 0.05) is 6.61 Å². The molecule has 1 heterocycles. The molecule has 2 fully saturated rings. The summed E-state index contributed by atoms with van der Waals surface area (Å²) in [7, 11) is -2.76. The molecule has 1 aliphatic carbocycles. The first kappa shape index (κ1) is 9.46. The minimum Gasteiger partial charge on any atom is -0.396 e. The highest BCUT2D eigenvalue weighted by Gasteiger charge is 2.46. The molecule has 0 aromatic heterocycles. The average molecular weight is 204 g/mol. The van der Waals surface area contributed by atoms with E-state index in [1.807, 2.05) is 0 Å². The molecule has 1 saturated carbocycles. The van der Waals surface area contributed by atoms with Crippen molar-refractivity contribution < 1.29 is 13.5 Å². The monoisotopic (exact) mass is 204 g/mol. The first-order valence-electron chi connectivity index (χ1n) is 4.97. The minimum absolute atomic E-state index is 0.118. The zero-order chi connectivity index (χ0) is 9.47. The predicted molar refractivity (Wildman–Crippen MR) is 50.1 cm³/mol. The van der Waals surface area contributed by atoms with Gasteiger partial charge in [-0.15, -0.1) is 0 Å². The molecule has 0 aromatic carbocycles. The van der Waals surface area contributed by atoms with E-state index in [0.29, 0.717) is 18.1 Å². The van der Waals surface area contributed by atoms with Crippen LogP contribution < -0.4 is 0 Å². The summed E-state index contributed by atoms with van der Waals surface area (Å²) in [5.41, 5.74) is 0. The van der Waals surface area contributed by atoms with Gasteiger partial charge in [0.2, 0.25) is 0 Å². The van der Waals surface area contributed by atoms with Gasteiger partial charge in [-0.25, -0.2) is 8.42 Å². The molecule has 13 heavy (non-hydrogen) atoms. The normalized spacial score (nSPS) is 33.8. The highest BCUT2D eigenvalue weighted by molar-refractivity contribution is 7.93. The zero-order valence-corrected chi connectivity index (χ0v) is 8.46. The molecule has 0 aromatic rings. The lowest BCUT2D eigenvalue weighted by Crippen LogP contribution is -2.43. The molecule has 0 bridgehead atoms. The van der Waals surface area contributed by atoms with Crippen LogP contribution in [0.5, 0.6) is 0 Å². The van der Waals surface area contributed by atoms with Crippen LogP contribution in [-0.4, -0.2) is 31.1 Å². The fourth-order valence-electron chi connectivity index (χ4n) is 2.33. The summed E-state index contributed by atoms with van der Waals surface area (Å²) in [6, 6.07) is 0. The lowest BCUT2D eigenvalue weighted by Gasteiger charge is -2.33. The van der Waals surface area contributed by atoms with Crippen LogP contribution in [0.3, 0.4) is 0 Å². The molecule has 2 aliphatic rings. The van der Waals surface area contributed by atoms with E-state index < -0.39 is 9.84 Å². The largest absolute Gasteiger partial charge is 0.396 e. The number of rotatable bonds is 4. The molecule has 2 atom stereocenters. The highest BCUT2D eigenvalue weighted by atomic mass is 32.2. The van der Waals surface area contributed by atoms with Crippen molar-refractivity contribution >= 4 is 9.84 Å². The van der Waals surface area contributed by atoms with Gasteiger partial charge in [-0.05, 0) is 37.5 Å². The van der Waals surface area contributed by atoms with E-state index in [0.717, 1.165) is 19.3 Å². The Labute approximate surface area is 79.1 Å². The van der Waals surface area contributed by atoms with Crippen LogP contribution in [0.4, 0.5) is 0 Å². The fraction of sp³-hybridized carbons (Fsp3) is 1.00. The van der Waals surface area contributed by atoms with Gasteiger partial charge in [0.25, 0.3) is 0 Å². The second-order valence-corrected chi connectivity index (χ2v) is 6.55. The molecule has 1 N–H and O–H groups in total. The van der Waals surface area contributed by atoms with E-state index in [-0.39, 0.29) is 17.8 Å². The molecule has 76 valence electrons. The van der Waals surface area contributed by atoms with Gasteiger partial charge in [-0.3, -0.25) is 0 Å². The zero-order valence-electron chi connectivity index (χ0n) is 7.65. The van der Waals surface area contributed by atoms with Crippen molar-refractivity contribution in [3.8, 4) is 0 Å². The summed E-state index contributed by atoms with van der Waals surface area (Å²) < 4.78 is 22.8. The minimum atomic E-state index is -2.76. The Hall–Kier alpha value is -0.0900. The summed E-state index contributed by atoms with van der Waals surface area (Å²) >= 11 is 0. The highest BCUT2D eigenvalue weighted by Crippen LogP contribution is 2.45. The van der Waals surface area contributed by atoms with Gasteiger partial charge in [0.05, 0.1) is 11.0 Å². The molecule has 1 aliphatic heterocycles. The molecule has 0 spiro atoms. The lowest BCUT2D eigenvalue weighted by molar-refractivity contribution is 0.237. The standard InChI is InChI=1S/C9H16O3S/c10-5-3-8(7-1-2-7)9-4-6-13(9,11)12/h7-10H,1-6H2. The van der Waals surface area contributed by atoms with Crippen molar-refractivity contribution in [3.05, 3.63) is 0 Å². The van der Waals surface area contributed by atoms with Gasteiger partial charge in [0.1, 0.15) is 0 Å². The van der Waals surface area contributed by atoms with Crippen LogP contribution >= 0.6 is 0 Å². The Kier molecular flexibility index (Phi) is 2.36. The SMILES string of the molecule is O=S1(=O)CCC1C(CCO)C1CC1. The third-order valence-electron chi connectivity index (χ3n) is 3.32. The quantitative estimate of drug-likeness (QED) is 0.729. The molecule has 2 rings (SSSR count). The van der Waals surface area contributed by atoms with Crippen molar-refractivity contribution in [2.45, 2.75) is 30.9 Å². The topological polar surface area (TPSA) is 54.4 Å². The van der Waals surface area contributed by atoms with Crippen molar-refractivity contribution in [2.75, 3.05) is 12.4 Å². The molecular formula is C9H16O3S. The van der Waals surface area contributed by atoms with Crippen molar-refractivity contribution in [3.63, 3.8) is 0 Å². The maximum absolute atomic E-state index is 11.4. The number of aliphatic hydroxyl groups excluding tert-OH is 1. The van der Waals surface area contributed by atoms with Gasteiger partial charge in [-0.1, -0.05) is 0 Å². The molecule has 0 amide bonds. The third kappa shape index (κ3) is 1.74. The van der Waals surface area contributed by atoms with Crippen LogP contribution in [0.2, 0.25) is 0 Å². The second kappa shape index (κ2) is 3.24. The number of hydrogen-bond acceptors (Lipinski definition) is 3. The third-order valence-corrected chi connectivity index (χ3v) is 5.63. The van der Waals surface area contributed by atoms with E-state index >= 15 is 0 Å². The number of aliphatic hydroxyl groups is 1. The van der Waals surface area contributed by atoms with Crippen molar-refractivity contribution in [1.82, 2.24) is 0 Å². The summed E-state index contributed by atoms with van der Waals surface area (Å²) in [5.74, 6) is 1.21. The lowest BCUT2D eigenvalue weighted by atomic mass is 9.94. The van der Waals surface area contributed by atoms with Crippen LogP contribution in [0.1, 0.15) is 25.7 Å². The molecular weight excluding hydrogens is 188 g/mol. The second-order valence-electron chi connectivity index (χ2n) is 4.21. The van der Waals surface area contributed by atoms with Gasteiger partial charge in [-0.2, -0.15) is 0 Å². The Morgan fingerprint density at radius 3 is 2.31 bits per heavy atom. The Balaban J connectivity index is 2.03. The van der Waals surface area contributed by atoms with Crippen LogP contribution in [-0.2, 0) is 9.84 Å². The summed E-state index contributed by atoms with van der Waals surface area (Å²) in [6.45, 7) is 0.132. The van der Waals surface area contributed by atoms with Crippen LogP contribution in [0.25, 0.3) is 0 Å². The van der Waals surface area contributed by atoms with Crippen LogP contribution in [0, 0.1) is 11.8 Å². The Morgan fingerprint density at radius 1 is 1.31 bits per heavy atom. The maximum Gasteiger partial charge on any atom is 0.153 e. The molecule has 3 nitrogen and oxygen atoms in total. The Bertz CT molecular complexity index is 279. The smallest absolute Gasteiger partial charge is 0.153 e. The van der Waals surface area contributed by atoms with Crippen molar-refractivity contribution in [2.24, 2.45) is 11.8 Å². The van der Waals surface area contributed by atoms with E-state index in [1.165, 1.54) is 0 Å².